The van der Waals surface area contributed by atoms with E-state index in [0.717, 1.165) is 33.6 Å². The van der Waals surface area contributed by atoms with Crippen molar-refractivity contribution in [3.8, 4) is 0 Å². The van der Waals surface area contributed by atoms with Crippen molar-refractivity contribution in [2.24, 2.45) is 0 Å². The van der Waals surface area contributed by atoms with Crippen molar-refractivity contribution in [3.05, 3.63) is 59.4 Å². The Morgan fingerprint density at radius 1 is 1.22 bits per heavy atom. The predicted octanol–water partition coefficient (Wildman–Crippen LogP) is 4.01. The van der Waals surface area contributed by atoms with Crippen LogP contribution in [-0.2, 0) is 11.5 Å². The summed E-state index contributed by atoms with van der Waals surface area (Å²) in [6.45, 7) is 0. The molecule has 0 spiro atoms. The Morgan fingerprint density at radius 3 is 3.00 bits per heavy atom. The number of hydrogen-bond acceptors (Lipinski definition) is 3. The first-order valence-corrected chi connectivity index (χ1v) is 7.08. The highest BCUT2D eigenvalue weighted by atomic mass is 35.5. The molecular weight excluding hydrogens is 268 g/mol. The van der Waals surface area contributed by atoms with Crippen LogP contribution in [0.25, 0.3) is 5.65 Å². The van der Waals surface area contributed by atoms with E-state index in [1.807, 2.05) is 41.1 Å². The van der Waals surface area contributed by atoms with Crippen LogP contribution in [0.2, 0.25) is 5.02 Å². The summed E-state index contributed by atoms with van der Waals surface area (Å²) in [7, 11) is 0. The molecule has 3 heterocycles. The predicted molar refractivity (Wildman–Crippen MR) is 73.9 cm³/mol. The molecule has 0 unspecified atom stereocenters. The van der Waals surface area contributed by atoms with Crippen molar-refractivity contribution in [1.29, 1.82) is 0 Å². The maximum Gasteiger partial charge on any atom is 0.137 e. The number of furan rings is 1. The van der Waals surface area contributed by atoms with Crippen LogP contribution >= 0.6 is 23.4 Å². The first-order chi connectivity index (χ1) is 8.81. The van der Waals surface area contributed by atoms with E-state index in [1.54, 1.807) is 18.0 Å². The van der Waals surface area contributed by atoms with E-state index in [9.17, 15) is 0 Å². The number of halogens is 1. The molecule has 0 atom stereocenters. The number of thioether (sulfide) groups is 1. The van der Waals surface area contributed by atoms with Crippen LogP contribution in [0, 0.1) is 0 Å². The first kappa shape index (κ1) is 11.7. The molecule has 0 saturated carbocycles. The lowest BCUT2D eigenvalue weighted by Gasteiger charge is -1.95. The minimum absolute atomic E-state index is 0.717. The fourth-order valence-corrected chi connectivity index (χ4v) is 2.72. The molecule has 0 N–H and O–H groups in total. The zero-order valence-corrected chi connectivity index (χ0v) is 11.1. The topological polar surface area (TPSA) is 30.4 Å². The first-order valence-electron chi connectivity index (χ1n) is 5.54. The Balaban J connectivity index is 1.67. The van der Waals surface area contributed by atoms with Gasteiger partial charge >= 0.3 is 0 Å². The van der Waals surface area contributed by atoms with Gasteiger partial charge in [0, 0.05) is 18.1 Å². The SMILES string of the molecule is Clc1ccc2nc(CSCc3ccco3)cn2c1. The van der Waals surface area contributed by atoms with Crippen LogP contribution < -0.4 is 0 Å². The van der Waals surface area contributed by atoms with Gasteiger partial charge < -0.3 is 8.82 Å². The molecule has 3 aromatic heterocycles. The number of fused-ring (bicyclic) bond motifs is 1. The van der Waals surface area contributed by atoms with Crippen LogP contribution in [0.4, 0.5) is 0 Å². The highest BCUT2D eigenvalue weighted by Crippen LogP contribution is 2.19. The van der Waals surface area contributed by atoms with Crippen molar-refractivity contribution in [2.75, 3.05) is 0 Å². The maximum atomic E-state index is 5.93. The average Bonchev–Trinajstić information content (AvgIpc) is 2.97. The highest BCUT2D eigenvalue weighted by Gasteiger charge is 2.03. The quantitative estimate of drug-likeness (QED) is 0.722. The van der Waals surface area contributed by atoms with E-state index < -0.39 is 0 Å². The van der Waals surface area contributed by atoms with Crippen LogP contribution in [0.3, 0.4) is 0 Å². The lowest BCUT2D eigenvalue weighted by molar-refractivity contribution is 0.530. The van der Waals surface area contributed by atoms with Gasteiger partial charge in [-0.3, -0.25) is 0 Å². The molecule has 0 radical (unpaired) electrons. The van der Waals surface area contributed by atoms with E-state index >= 15 is 0 Å². The van der Waals surface area contributed by atoms with Crippen LogP contribution in [0.5, 0.6) is 0 Å². The number of hydrogen-bond donors (Lipinski definition) is 0. The third-order valence-electron chi connectivity index (χ3n) is 2.54. The second kappa shape index (κ2) is 5.08. The van der Waals surface area contributed by atoms with E-state index in [0.29, 0.717) is 0 Å². The van der Waals surface area contributed by atoms with Crippen molar-refractivity contribution >= 4 is 29.0 Å². The second-order valence-corrected chi connectivity index (χ2v) is 5.34. The van der Waals surface area contributed by atoms with Gasteiger partial charge in [-0.2, -0.15) is 0 Å². The monoisotopic (exact) mass is 278 g/mol. The van der Waals surface area contributed by atoms with Crippen molar-refractivity contribution in [1.82, 2.24) is 9.38 Å². The fourth-order valence-electron chi connectivity index (χ4n) is 1.74. The van der Waals surface area contributed by atoms with Gasteiger partial charge in [-0.05, 0) is 24.3 Å². The fraction of sp³-hybridized carbons (Fsp3) is 0.154. The van der Waals surface area contributed by atoms with Gasteiger partial charge in [0.1, 0.15) is 11.4 Å². The summed E-state index contributed by atoms with van der Waals surface area (Å²) < 4.78 is 7.23. The number of rotatable bonds is 4. The normalized spacial score (nSPS) is 11.2. The third kappa shape index (κ3) is 2.54. The minimum Gasteiger partial charge on any atom is -0.468 e. The lowest BCUT2D eigenvalue weighted by Crippen LogP contribution is -1.81. The van der Waals surface area contributed by atoms with Gasteiger partial charge in [-0.15, -0.1) is 11.8 Å². The van der Waals surface area contributed by atoms with Crippen LogP contribution in [0.15, 0.2) is 47.3 Å². The number of imidazole rings is 1. The van der Waals surface area contributed by atoms with Crippen molar-refractivity contribution in [3.63, 3.8) is 0 Å². The third-order valence-corrected chi connectivity index (χ3v) is 3.75. The molecule has 0 fully saturated rings. The van der Waals surface area contributed by atoms with Crippen molar-refractivity contribution < 1.29 is 4.42 Å². The number of aromatic nitrogens is 2. The molecule has 0 saturated heterocycles. The van der Waals surface area contributed by atoms with E-state index in [4.69, 9.17) is 16.0 Å². The molecule has 18 heavy (non-hydrogen) atoms. The summed E-state index contributed by atoms with van der Waals surface area (Å²) in [6.07, 6.45) is 5.57. The Morgan fingerprint density at radius 2 is 2.17 bits per heavy atom. The molecule has 3 rings (SSSR count). The van der Waals surface area contributed by atoms with Crippen LogP contribution in [-0.4, -0.2) is 9.38 Å². The maximum absolute atomic E-state index is 5.93. The smallest absolute Gasteiger partial charge is 0.137 e. The molecule has 3 nitrogen and oxygen atoms in total. The number of nitrogens with zero attached hydrogens (tertiary/aromatic N) is 2. The Hall–Kier alpha value is -1.39. The minimum atomic E-state index is 0.717. The molecule has 0 aliphatic heterocycles. The Labute approximate surface area is 114 Å². The van der Waals surface area contributed by atoms with Gasteiger partial charge in [-0.1, -0.05) is 11.6 Å². The summed E-state index contributed by atoms with van der Waals surface area (Å²) in [5.41, 5.74) is 1.97. The van der Waals surface area contributed by atoms with E-state index in [-0.39, 0.29) is 0 Å². The Kier molecular flexibility index (Phi) is 3.30. The summed E-state index contributed by atoms with van der Waals surface area (Å²) in [5.74, 6) is 2.72. The zero-order valence-electron chi connectivity index (χ0n) is 9.54. The molecule has 0 aliphatic rings. The molecular formula is C13H11ClN2OS. The summed E-state index contributed by atoms with van der Waals surface area (Å²) in [6, 6.07) is 7.66. The molecule has 5 heteroatoms. The van der Waals surface area contributed by atoms with Gasteiger partial charge in [-0.25, -0.2) is 4.98 Å². The van der Waals surface area contributed by atoms with Crippen LogP contribution in [0.1, 0.15) is 11.5 Å². The van der Waals surface area contributed by atoms with Gasteiger partial charge in [0.15, 0.2) is 0 Å². The molecule has 0 bridgehead atoms. The van der Waals surface area contributed by atoms with Gasteiger partial charge in [0.05, 0.1) is 22.7 Å². The Bertz CT molecular complexity index is 648. The largest absolute Gasteiger partial charge is 0.468 e. The second-order valence-electron chi connectivity index (χ2n) is 3.92. The summed E-state index contributed by atoms with van der Waals surface area (Å²) in [5, 5.41) is 0.717. The molecule has 0 amide bonds. The lowest BCUT2D eigenvalue weighted by atomic mass is 10.5. The average molecular weight is 279 g/mol. The highest BCUT2D eigenvalue weighted by molar-refractivity contribution is 7.97. The van der Waals surface area contributed by atoms with E-state index in [2.05, 4.69) is 4.98 Å². The summed E-state index contributed by atoms with van der Waals surface area (Å²) in [4.78, 5) is 4.53. The molecule has 0 aliphatic carbocycles. The van der Waals surface area contributed by atoms with Gasteiger partial charge in [0.2, 0.25) is 0 Å². The number of pyridine rings is 1. The summed E-state index contributed by atoms with van der Waals surface area (Å²) >= 11 is 7.71. The molecule has 0 aromatic carbocycles. The van der Waals surface area contributed by atoms with E-state index in [1.165, 1.54) is 0 Å². The van der Waals surface area contributed by atoms with Gasteiger partial charge in [0.25, 0.3) is 0 Å². The standard InChI is InChI=1S/C13H11ClN2OS/c14-10-3-4-13-15-11(7-16(13)6-10)8-18-9-12-2-1-5-17-12/h1-7H,8-9H2. The zero-order chi connectivity index (χ0) is 12.4. The molecule has 3 aromatic rings. The molecule has 92 valence electrons. The van der Waals surface area contributed by atoms with Crippen molar-refractivity contribution in [2.45, 2.75) is 11.5 Å².